The molecule has 0 heterocycles. The Morgan fingerprint density at radius 1 is 0.543 bits per heavy atom. The van der Waals surface area contributed by atoms with Crippen LogP contribution in [0.15, 0.2) is 117 Å². The summed E-state index contributed by atoms with van der Waals surface area (Å²) >= 11 is 0. The van der Waals surface area contributed by atoms with Gasteiger partial charge in [-0.1, -0.05) is 59.7 Å². The van der Waals surface area contributed by atoms with Crippen LogP contribution in [0.1, 0.15) is 22.3 Å². The van der Waals surface area contributed by atoms with Crippen molar-refractivity contribution in [1.82, 2.24) is 0 Å². The Morgan fingerprint density at radius 2 is 0.886 bits per heavy atom. The van der Waals surface area contributed by atoms with E-state index in [4.69, 9.17) is 0 Å². The smallest absolute Gasteiger partial charge is 0.206 e. The minimum Gasteiger partial charge on any atom is -0.279 e. The highest BCUT2D eigenvalue weighted by atomic mass is 32.2. The summed E-state index contributed by atoms with van der Waals surface area (Å²) in [6.45, 7) is 4.06. The number of rotatable bonds is 8. The molecule has 4 rings (SSSR count). The molecule has 176 valence electrons. The van der Waals surface area contributed by atoms with Crippen LogP contribution >= 0.6 is 0 Å². The highest BCUT2D eigenvalue weighted by Crippen LogP contribution is 2.24. The molecular formula is C28H26N4O2S. The van der Waals surface area contributed by atoms with Gasteiger partial charge in [-0.15, -0.1) is 0 Å². The molecule has 0 fully saturated rings. The van der Waals surface area contributed by atoms with Crippen LogP contribution in [-0.2, 0) is 9.84 Å². The highest BCUT2D eigenvalue weighted by molar-refractivity contribution is 7.91. The third kappa shape index (κ3) is 6.43. The molecule has 0 amide bonds. The minimum absolute atomic E-state index is 0.212. The number of hydrogen-bond donors (Lipinski definition) is 2. The number of aryl methyl sites for hydroxylation is 2. The SMILES string of the molecule is Cc1ccc(C=NNc2ccc(S(=O)(=O)c3ccc(N/N=C/c4ccc(C)cc4)cc3)cc2)cc1. The van der Waals surface area contributed by atoms with E-state index in [1.165, 1.54) is 11.1 Å². The minimum atomic E-state index is -3.64. The van der Waals surface area contributed by atoms with Gasteiger partial charge in [0.05, 0.1) is 33.6 Å². The zero-order valence-corrected chi connectivity index (χ0v) is 20.3. The molecule has 2 N–H and O–H groups in total. The van der Waals surface area contributed by atoms with E-state index in [1.807, 2.05) is 62.4 Å². The van der Waals surface area contributed by atoms with Gasteiger partial charge in [0.2, 0.25) is 9.84 Å². The van der Waals surface area contributed by atoms with Gasteiger partial charge in [0.15, 0.2) is 0 Å². The fourth-order valence-electron chi connectivity index (χ4n) is 3.22. The molecule has 7 heteroatoms. The van der Waals surface area contributed by atoms with Gasteiger partial charge in [-0.2, -0.15) is 10.2 Å². The Balaban J connectivity index is 1.37. The van der Waals surface area contributed by atoms with Crippen molar-refractivity contribution >= 4 is 33.6 Å². The maximum Gasteiger partial charge on any atom is 0.206 e. The normalized spacial score (nSPS) is 11.7. The lowest BCUT2D eigenvalue weighted by molar-refractivity contribution is 0.596. The molecule has 0 aliphatic carbocycles. The fourth-order valence-corrected chi connectivity index (χ4v) is 4.48. The van der Waals surface area contributed by atoms with Gasteiger partial charge in [-0.3, -0.25) is 10.9 Å². The van der Waals surface area contributed by atoms with E-state index < -0.39 is 9.84 Å². The van der Waals surface area contributed by atoms with E-state index in [0.29, 0.717) is 11.4 Å². The summed E-state index contributed by atoms with van der Waals surface area (Å²) in [5.74, 6) is 0. The van der Waals surface area contributed by atoms with Crippen LogP contribution < -0.4 is 10.9 Å². The van der Waals surface area contributed by atoms with Gasteiger partial charge in [0, 0.05) is 0 Å². The molecule has 0 bridgehead atoms. The average Bonchev–Trinajstić information content (AvgIpc) is 2.87. The summed E-state index contributed by atoms with van der Waals surface area (Å²) in [5, 5.41) is 8.41. The summed E-state index contributed by atoms with van der Waals surface area (Å²) in [6.07, 6.45) is 3.43. The predicted molar refractivity (Wildman–Crippen MR) is 143 cm³/mol. The van der Waals surface area contributed by atoms with Crippen LogP contribution in [0.4, 0.5) is 11.4 Å². The average molecular weight is 483 g/mol. The largest absolute Gasteiger partial charge is 0.279 e. The molecule has 0 saturated heterocycles. The Labute approximate surface area is 206 Å². The van der Waals surface area contributed by atoms with E-state index >= 15 is 0 Å². The summed E-state index contributed by atoms with van der Waals surface area (Å²) in [5.41, 5.74) is 11.5. The number of anilines is 2. The van der Waals surface area contributed by atoms with Crippen molar-refractivity contribution < 1.29 is 8.42 Å². The van der Waals surface area contributed by atoms with E-state index in [9.17, 15) is 8.42 Å². The molecule has 0 spiro atoms. The molecule has 35 heavy (non-hydrogen) atoms. The van der Waals surface area contributed by atoms with E-state index in [2.05, 4.69) is 21.1 Å². The molecular weight excluding hydrogens is 456 g/mol. The summed E-state index contributed by atoms with van der Waals surface area (Å²) in [4.78, 5) is 0.423. The van der Waals surface area contributed by atoms with Crippen molar-refractivity contribution in [2.24, 2.45) is 10.2 Å². The molecule has 6 nitrogen and oxygen atoms in total. The van der Waals surface area contributed by atoms with E-state index in [-0.39, 0.29) is 9.79 Å². The molecule has 4 aromatic rings. The lowest BCUT2D eigenvalue weighted by Gasteiger charge is -2.07. The van der Waals surface area contributed by atoms with Crippen molar-refractivity contribution in [3.63, 3.8) is 0 Å². The summed E-state index contributed by atoms with van der Waals surface area (Å²) in [7, 11) is -3.64. The van der Waals surface area contributed by atoms with Crippen LogP contribution in [0.5, 0.6) is 0 Å². The number of benzene rings is 4. The fraction of sp³-hybridized carbons (Fsp3) is 0.0714. The molecule has 0 aromatic heterocycles. The Bertz CT molecular complexity index is 1320. The monoisotopic (exact) mass is 482 g/mol. The summed E-state index contributed by atoms with van der Waals surface area (Å²) < 4.78 is 26.0. The second-order valence-corrected chi connectivity index (χ2v) is 10.1. The molecule has 0 aliphatic heterocycles. The summed E-state index contributed by atoms with van der Waals surface area (Å²) in [6, 6.07) is 29.0. The first-order chi connectivity index (χ1) is 16.9. The van der Waals surface area contributed by atoms with Crippen molar-refractivity contribution in [2.75, 3.05) is 10.9 Å². The maximum absolute atomic E-state index is 13.0. The van der Waals surface area contributed by atoms with Crippen molar-refractivity contribution in [1.29, 1.82) is 0 Å². The van der Waals surface area contributed by atoms with Gasteiger partial charge in [0.1, 0.15) is 0 Å². The van der Waals surface area contributed by atoms with Crippen molar-refractivity contribution in [2.45, 2.75) is 23.6 Å². The Morgan fingerprint density at radius 3 is 1.23 bits per heavy atom. The van der Waals surface area contributed by atoms with E-state index in [0.717, 1.165) is 11.1 Å². The van der Waals surface area contributed by atoms with Crippen LogP contribution in [0.2, 0.25) is 0 Å². The van der Waals surface area contributed by atoms with Crippen molar-refractivity contribution in [3.8, 4) is 0 Å². The molecule has 0 radical (unpaired) electrons. The topological polar surface area (TPSA) is 82.9 Å². The van der Waals surface area contributed by atoms with Gasteiger partial charge < -0.3 is 0 Å². The zero-order chi connectivity index (χ0) is 24.7. The second-order valence-electron chi connectivity index (χ2n) is 8.11. The molecule has 0 saturated carbocycles. The predicted octanol–water partition coefficient (Wildman–Crippen LogP) is 6.03. The Hall–Kier alpha value is -4.23. The number of nitrogens with one attached hydrogen (secondary N) is 2. The first-order valence-electron chi connectivity index (χ1n) is 11.1. The molecule has 4 aromatic carbocycles. The third-order valence-corrected chi connectivity index (χ3v) is 7.08. The second kappa shape index (κ2) is 10.8. The molecule has 0 atom stereocenters. The first kappa shape index (κ1) is 23.9. The first-order valence-corrected chi connectivity index (χ1v) is 12.6. The van der Waals surface area contributed by atoms with Crippen LogP contribution in [0, 0.1) is 13.8 Å². The maximum atomic E-state index is 13.0. The van der Waals surface area contributed by atoms with Gasteiger partial charge >= 0.3 is 0 Å². The number of sulfone groups is 1. The number of nitrogens with zero attached hydrogens (tertiary/aromatic N) is 2. The lowest BCUT2D eigenvalue weighted by atomic mass is 10.2. The molecule has 0 aliphatic rings. The van der Waals surface area contributed by atoms with Crippen molar-refractivity contribution in [3.05, 3.63) is 119 Å². The van der Waals surface area contributed by atoms with Crippen LogP contribution in [0.25, 0.3) is 0 Å². The van der Waals surface area contributed by atoms with Crippen LogP contribution in [-0.4, -0.2) is 20.8 Å². The highest BCUT2D eigenvalue weighted by Gasteiger charge is 2.17. The number of hydrogen-bond acceptors (Lipinski definition) is 6. The van der Waals surface area contributed by atoms with E-state index in [1.54, 1.807) is 61.0 Å². The lowest BCUT2D eigenvalue weighted by Crippen LogP contribution is -2.02. The number of hydrazone groups is 2. The molecule has 0 unspecified atom stereocenters. The van der Waals surface area contributed by atoms with Gasteiger partial charge in [-0.25, -0.2) is 8.42 Å². The zero-order valence-electron chi connectivity index (χ0n) is 19.5. The van der Waals surface area contributed by atoms with Gasteiger partial charge in [-0.05, 0) is 73.5 Å². The quantitative estimate of drug-likeness (QED) is 0.237. The Kier molecular flexibility index (Phi) is 7.38. The third-order valence-electron chi connectivity index (χ3n) is 5.30. The standard InChI is InChI=1S/C28H26N4O2S/c1-21-3-7-23(8-4-21)19-29-31-25-11-15-27(16-12-25)35(33,34)28-17-13-26(14-18-28)32-30-20-24-9-5-22(2)6-10-24/h3-20,31-32H,1-2H3/b29-19+,30-20?. The van der Waals surface area contributed by atoms with Gasteiger partial charge in [0.25, 0.3) is 0 Å². The van der Waals surface area contributed by atoms with Crippen LogP contribution in [0.3, 0.4) is 0 Å².